The maximum atomic E-state index is 12.5. The van der Waals surface area contributed by atoms with Gasteiger partial charge in [-0.1, -0.05) is 48.3 Å². The van der Waals surface area contributed by atoms with Crippen LogP contribution in [0.3, 0.4) is 0 Å². The molecule has 1 unspecified atom stereocenters. The Bertz CT molecular complexity index is 986. The minimum Gasteiger partial charge on any atom is -0.323 e. The van der Waals surface area contributed by atoms with Gasteiger partial charge in [0.25, 0.3) is 0 Å². The Kier molecular flexibility index (Phi) is 6.40. The maximum absolute atomic E-state index is 12.5. The molecular formula is C22H20Cl2N2O3. The number of piperidine rings is 1. The van der Waals surface area contributed by atoms with Crippen molar-refractivity contribution < 1.29 is 14.4 Å². The Labute approximate surface area is 179 Å². The fourth-order valence-electron chi connectivity index (χ4n) is 3.41. The van der Waals surface area contributed by atoms with E-state index in [1.54, 1.807) is 36.4 Å². The van der Waals surface area contributed by atoms with E-state index in [1.807, 2.05) is 19.1 Å². The van der Waals surface area contributed by atoms with E-state index in [2.05, 4.69) is 10.6 Å². The highest BCUT2D eigenvalue weighted by atomic mass is 35.5. The molecule has 3 amide bonds. The summed E-state index contributed by atoms with van der Waals surface area (Å²) in [5, 5.41) is 6.08. The average Bonchev–Trinajstić information content (AvgIpc) is 2.70. The van der Waals surface area contributed by atoms with E-state index >= 15 is 0 Å². The molecule has 29 heavy (non-hydrogen) atoms. The Morgan fingerprint density at radius 1 is 1.14 bits per heavy atom. The highest BCUT2D eigenvalue weighted by Gasteiger charge is 2.42. The van der Waals surface area contributed by atoms with Crippen LogP contribution in [0.4, 0.5) is 5.69 Å². The van der Waals surface area contributed by atoms with Gasteiger partial charge in [-0.25, -0.2) is 0 Å². The summed E-state index contributed by atoms with van der Waals surface area (Å²) < 4.78 is 0. The molecule has 1 atom stereocenters. The summed E-state index contributed by atoms with van der Waals surface area (Å²) in [6.07, 6.45) is 4.43. The molecular weight excluding hydrogens is 411 g/mol. The second-order valence-corrected chi connectivity index (χ2v) is 7.70. The smallest absolute Gasteiger partial charge is 0.248 e. The number of imide groups is 1. The van der Waals surface area contributed by atoms with E-state index in [4.69, 9.17) is 23.2 Å². The molecule has 2 aromatic carbocycles. The van der Waals surface area contributed by atoms with Crippen LogP contribution in [0.5, 0.6) is 0 Å². The van der Waals surface area contributed by atoms with Crippen LogP contribution in [-0.2, 0) is 19.8 Å². The summed E-state index contributed by atoms with van der Waals surface area (Å²) in [6.45, 7) is 1.93. The number of carbonyl (C=O) groups is 3. The largest absolute Gasteiger partial charge is 0.323 e. The quantitative estimate of drug-likeness (QED) is 0.531. The van der Waals surface area contributed by atoms with Crippen LogP contribution < -0.4 is 10.6 Å². The monoisotopic (exact) mass is 430 g/mol. The van der Waals surface area contributed by atoms with E-state index in [9.17, 15) is 14.4 Å². The molecule has 0 aromatic heterocycles. The first-order chi connectivity index (χ1) is 13.8. The van der Waals surface area contributed by atoms with Crippen molar-refractivity contribution in [3.05, 3.63) is 69.7 Å². The first kappa shape index (κ1) is 21.1. The van der Waals surface area contributed by atoms with Crippen LogP contribution >= 0.6 is 23.2 Å². The summed E-state index contributed by atoms with van der Waals surface area (Å²) >= 11 is 11.8. The fraction of sp³-hybridized carbons (Fsp3) is 0.227. The number of nitrogens with one attached hydrogen (secondary N) is 2. The number of hydrogen-bond acceptors (Lipinski definition) is 3. The molecule has 1 aliphatic heterocycles. The molecule has 1 aliphatic rings. The second kappa shape index (κ2) is 8.80. The lowest BCUT2D eigenvalue weighted by Gasteiger charge is -2.35. The van der Waals surface area contributed by atoms with Gasteiger partial charge >= 0.3 is 0 Å². The second-order valence-electron chi connectivity index (χ2n) is 6.89. The van der Waals surface area contributed by atoms with Gasteiger partial charge in [-0.3, -0.25) is 19.7 Å². The predicted molar refractivity (Wildman–Crippen MR) is 115 cm³/mol. The van der Waals surface area contributed by atoms with Crippen molar-refractivity contribution >= 4 is 52.7 Å². The van der Waals surface area contributed by atoms with E-state index < -0.39 is 5.41 Å². The Morgan fingerprint density at radius 3 is 2.48 bits per heavy atom. The number of carbonyl (C=O) groups excluding carboxylic acids is 3. The Balaban J connectivity index is 1.69. The lowest BCUT2D eigenvalue weighted by atomic mass is 9.72. The van der Waals surface area contributed by atoms with Crippen molar-refractivity contribution in [1.29, 1.82) is 0 Å². The molecule has 1 fully saturated rings. The van der Waals surface area contributed by atoms with Crippen molar-refractivity contribution in [2.75, 3.05) is 5.32 Å². The third kappa shape index (κ3) is 4.69. The third-order valence-electron chi connectivity index (χ3n) is 5.15. The topological polar surface area (TPSA) is 75.3 Å². The fourth-order valence-corrected chi connectivity index (χ4v) is 3.72. The van der Waals surface area contributed by atoms with Crippen LogP contribution in [0, 0.1) is 0 Å². The van der Waals surface area contributed by atoms with Crippen LogP contribution in [0.1, 0.15) is 37.3 Å². The van der Waals surface area contributed by atoms with Gasteiger partial charge in [0, 0.05) is 18.2 Å². The zero-order chi connectivity index (χ0) is 21.0. The van der Waals surface area contributed by atoms with E-state index in [0.29, 0.717) is 35.0 Å². The number of hydrogen-bond donors (Lipinski definition) is 2. The van der Waals surface area contributed by atoms with Crippen LogP contribution in [0.25, 0.3) is 6.08 Å². The maximum Gasteiger partial charge on any atom is 0.248 e. The van der Waals surface area contributed by atoms with E-state index in [0.717, 1.165) is 11.1 Å². The molecule has 0 aliphatic carbocycles. The SMILES string of the molecule is CCC1(c2ccc(NC(=O)C=Cc3ccc(Cl)c(Cl)c3)cc2)CCC(=O)NC1=O. The molecule has 0 spiro atoms. The molecule has 2 aromatic rings. The summed E-state index contributed by atoms with van der Waals surface area (Å²) in [7, 11) is 0. The van der Waals surface area contributed by atoms with Crippen molar-refractivity contribution in [3.8, 4) is 0 Å². The van der Waals surface area contributed by atoms with Gasteiger partial charge in [0.2, 0.25) is 17.7 Å². The van der Waals surface area contributed by atoms with Crippen LogP contribution in [0.2, 0.25) is 10.0 Å². The summed E-state index contributed by atoms with van der Waals surface area (Å²) in [6, 6.07) is 12.2. The summed E-state index contributed by atoms with van der Waals surface area (Å²) in [5.74, 6) is -0.802. The van der Waals surface area contributed by atoms with E-state index in [-0.39, 0.29) is 17.7 Å². The predicted octanol–water partition coefficient (Wildman–Crippen LogP) is 4.73. The molecule has 5 nitrogen and oxygen atoms in total. The van der Waals surface area contributed by atoms with Crippen molar-refractivity contribution in [2.24, 2.45) is 0 Å². The van der Waals surface area contributed by atoms with Crippen molar-refractivity contribution in [3.63, 3.8) is 0 Å². The Hall–Kier alpha value is -2.63. The van der Waals surface area contributed by atoms with E-state index in [1.165, 1.54) is 6.08 Å². The zero-order valence-electron chi connectivity index (χ0n) is 15.8. The first-order valence-electron chi connectivity index (χ1n) is 9.23. The third-order valence-corrected chi connectivity index (χ3v) is 5.88. The van der Waals surface area contributed by atoms with Crippen LogP contribution in [0.15, 0.2) is 48.5 Å². The Morgan fingerprint density at radius 2 is 1.86 bits per heavy atom. The van der Waals surface area contributed by atoms with Crippen molar-refractivity contribution in [2.45, 2.75) is 31.6 Å². The van der Waals surface area contributed by atoms with Gasteiger partial charge in [0.1, 0.15) is 0 Å². The standard InChI is InChI=1S/C22H20Cl2N2O3/c1-2-22(12-11-20(28)26-21(22)29)15-5-7-16(8-6-15)25-19(27)10-4-14-3-9-17(23)18(24)13-14/h3-10,13H,2,11-12H2,1H3,(H,25,27)(H,26,28,29). The van der Waals surface area contributed by atoms with Gasteiger partial charge in [-0.2, -0.15) is 0 Å². The number of benzene rings is 2. The minimum atomic E-state index is -0.718. The minimum absolute atomic E-state index is 0.239. The molecule has 3 rings (SSSR count). The molecule has 2 N–H and O–H groups in total. The molecule has 7 heteroatoms. The van der Waals surface area contributed by atoms with Gasteiger partial charge in [-0.15, -0.1) is 0 Å². The molecule has 1 saturated heterocycles. The molecule has 0 bridgehead atoms. The lowest BCUT2D eigenvalue weighted by Crippen LogP contribution is -2.51. The first-order valence-corrected chi connectivity index (χ1v) is 9.98. The highest BCUT2D eigenvalue weighted by molar-refractivity contribution is 6.42. The zero-order valence-corrected chi connectivity index (χ0v) is 17.3. The molecule has 150 valence electrons. The molecule has 0 saturated carbocycles. The van der Waals surface area contributed by atoms with Gasteiger partial charge < -0.3 is 5.32 Å². The van der Waals surface area contributed by atoms with Crippen LogP contribution in [-0.4, -0.2) is 17.7 Å². The molecule has 1 heterocycles. The number of anilines is 1. The number of amides is 3. The molecule has 0 radical (unpaired) electrons. The number of halogens is 2. The van der Waals surface area contributed by atoms with Gasteiger partial charge in [-0.05, 0) is 54.3 Å². The number of rotatable bonds is 5. The normalized spacial score (nSPS) is 19.3. The van der Waals surface area contributed by atoms with Crippen molar-refractivity contribution in [1.82, 2.24) is 5.32 Å². The van der Waals surface area contributed by atoms with Gasteiger partial charge in [0.05, 0.1) is 15.5 Å². The van der Waals surface area contributed by atoms with Gasteiger partial charge in [0.15, 0.2) is 0 Å². The summed E-state index contributed by atoms with van der Waals surface area (Å²) in [5.41, 5.74) is 1.47. The lowest BCUT2D eigenvalue weighted by molar-refractivity contribution is -0.138. The average molecular weight is 431 g/mol. The highest BCUT2D eigenvalue weighted by Crippen LogP contribution is 2.36. The summed E-state index contributed by atoms with van der Waals surface area (Å²) in [4.78, 5) is 36.1.